The lowest BCUT2D eigenvalue weighted by molar-refractivity contribution is 0.0986. The van der Waals surface area contributed by atoms with E-state index in [0.29, 0.717) is 17.1 Å². The Morgan fingerprint density at radius 1 is 1.22 bits per heavy atom. The summed E-state index contributed by atoms with van der Waals surface area (Å²) in [6.45, 7) is 0. The Labute approximate surface area is 107 Å². The van der Waals surface area contributed by atoms with E-state index in [1.54, 1.807) is 18.2 Å². The lowest BCUT2D eigenvalue weighted by atomic mass is 10.1. The van der Waals surface area contributed by atoms with Crippen molar-refractivity contribution in [2.45, 2.75) is 6.42 Å². The number of methoxy groups -OCH3 is 2. The Bertz CT molecular complexity index is 533. The molecule has 0 saturated heterocycles. The van der Waals surface area contributed by atoms with Crippen molar-refractivity contribution in [3.63, 3.8) is 0 Å². The summed E-state index contributed by atoms with van der Waals surface area (Å²) in [5, 5.41) is 0. The third-order valence-corrected chi connectivity index (χ3v) is 3.35. The maximum Gasteiger partial charge on any atom is 0.167 e. The molecular formula is C12H16O5S. The molecule has 0 unspecified atom stereocenters. The number of Topliss-reactive ketones (excluding diaryl/α,β-unsaturated/α-hetero) is 1. The van der Waals surface area contributed by atoms with Gasteiger partial charge in [-0.2, -0.15) is 0 Å². The topological polar surface area (TPSA) is 69.7 Å². The molecule has 1 aromatic rings. The third kappa shape index (κ3) is 4.03. The number of hydrogen-bond donors (Lipinski definition) is 0. The highest BCUT2D eigenvalue weighted by Gasteiger charge is 2.15. The van der Waals surface area contributed by atoms with E-state index in [4.69, 9.17) is 9.47 Å². The minimum absolute atomic E-state index is 0.0540. The van der Waals surface area contributed by atoms with Crippen LogP contribution < -0.4 is 9.47 Å². The van der Waals surface area contributed by atoms with E-state index in [9.17, 15) is 13.2 Å². The van der Waals surface area contributed by atoms with Crippen LogP contribution in [0.4, 0.5) is 0 Å². The number of carbonyl (C=O) groups excluding carboxylic acids is 1. The Hall–Kier alpha value is -1.56. The Balaban J connectivity index is 2.92. The van der Waals surface area contributed by atoms with Crippen LogP contribution in [0, 0.1) is 0 Å². The molecule has 0 aromatic heterocycles. The molecular weight excluding hydrogens is 256 g/mol. The summed E-state index contributed by atoms with van der Waals surface area (Å²) >= 11 is 0. The second kappa shape index (κ2) is 5.86. The molecule has 100 valence electrons. The highest BCUT2D eigenvalue weighted by atomic mass is 32.2. The van der Waals surface area contributed by atoms with Crippen LogP contribution in [0.25, 0.3) is 0 Å². The molecule has 0 heterocycles. The monoisotopic (exact) mass is 272 g/mol. The summed E-state index contributed by atoms with van der Waals surface area (Å²) in [4.78, 5) is 11.9. The van der Waals surface area contributed by atoms with E-state index in [0.717, 1.165) is 6.26 Å². The molecule has 0 fully saturated rings. The normalized spacial score (nSPS) is 11.1. The number of benzene rings is 1. The van der Waals surface area contributed by atoms with Gasteiger partial charge in [0, 0.05) is 18.7 Å². The fourth-order valence-electron chi connectivity index (χ4n) is 1.44. The second-order valence-electron chi connectivity index (χ2n) is 3.87. The fourth-order valence-corrected chi connectivity index (χ4v) is 2.00. The van der Waals surface area contributed by atoms with Crippen LogP contribution in [0.15, 0.2) is 18.2 Å². The van der Waals surface area contributed by atoms with Gasteiger partial charge in [-0.25, -0.2) is 8.42 Å². The van der Waals surface area contributed by atoms with Gasteiger partial charge in [-0.3, -0.25) is 4.79 Å². The molecule has 0 atom stereocenters. The number of hydrogen-bond acceptors (Lipinski definition) is 5. The summed E-state index contributed by atoms with van der Waals surface area (Å²) in [6, 6.07) is 4.80. The van der Waals surface area contributed by atoms with Crippen LogP contribution in [0.5, 0.6) is 11.5 Å². The molecule has 0 saturated carbocycles. The Kier molecular flexibility index (Phi) is 4.72. The zero-order chi connectivity index (χ0) is 13.8. The van der Waals surface area contributed by atoms with Crippen LogP contribution in [-0.2, 0) is 9.84 Å². The molecule has 0 N–H and O–H groups in total. The number of sulfone groups is 1. The number of rotatable bonds is 6. The second-order valence-corrected chi connectivity index (χ2v) is 6.13. The van der Waals surface area contributed by atoms with Gasteiger partial charge in [0.15, 0.2) is 5.78 Å². The van der Waals surface area contributed by atoms with Crippen molar-refractivity contribution < 1.29 is 22.7 Å². The molecule has 0 spiro atoms. The van der Waals surface area contributed by atoms with Crippen molar-refractivity contribution in [2.24, 2.45) is 0 Å². The zero-order valence-electron chi connectivity index (χ0n) is 10.6. The van der Waals surface area contributed by atoms with Gasteiger partial charge < -0.3 is 9.47 Å². The first-order valence-corrected chi connectivity index (χ1v) is 7.36. The van der Waals surface area contributed by atoms with Gasteiger partial charge in [0.25, 0.3) is 0 Å². The molecule has 6 heteroatoms. The van der Waals surface area contributed by atoms with E-state index < -0.39 is 9.84 Å². The first-order valence-electron chi connectivity index (χ1n) is 5.30. The molecule has 0 amide bonds. The molecule has 0 aliphatic rings. The van der Waals surface area contributed by atoms with Crippen molar-refractivity contribution in [2.75, 3.05) is 26.2 Å². The number of ketones is 1. The summed E-state index contributed by atoms with van der Waals surface area (Å²) in [5.41, 5.74) is 0.363. The van der Waals surface area contributed by atoms with Gasteiger partial charge in [-0.05, 0) is 12.1 Å². The van der Waals surface area contributed by atoms with Gasteiger partial charge in [0.2, 0.25) is 0 Å². The van der Waals surface area contributed by atoms with Gasteiger partial charge in [-0.15, -0.1) is 0 Å². The fraction of sp³-hybridized carbons (Fsp3) is 0.417. The van der Waals surface area contributed by atoms with Gasteiger partial charge in [0.05, 0.1) is 25.5 Å². The van der Waals surface area contributed by atoms with Crippen LogP contribution in [0.3, 0.4) is 0 Å². The van der Waals surface area contributed by atoms with Crippen molar-refractivity contribution >= 4 is 15.6 Å². The van der Waals surface area contributed by atoms with E-state index in [2.05, 4.69) is 0 Å². The van der Waals surface area contributed by atoms with Crippen molar-refractivity contribution in [1.29, 1.82) is 0 Å². The summed E-state index contributed by atoms with van der Waals surface area (Å²) in [5.74, 6) is 0.528. The van der Waals surface area contributed by atoms with E-state index in [1.165, 1.54) is 14.2 Å². The molecule has 18 heavy (non-hydrogen) atoms. The van der Waals surface area contributed by atoms with Gasteiger partial charge in [-0.1, -0.05) is 0 Å². The Morgan fingerprint density at radius 2 is 1.89 bits per heavy atom. The summed E-state index contributed by atoms with van der Waals surface area (Å²) in [7, 11) is -0.186. The minimum Gasteiger partial charge on any atom is -0.497 e. The maximum absolute atomic E-state index is 11.9. The predicted octanol–water partition coefficient (Wildman–Crippen LogP) is 1.32. The van der Waals surface area contributed by atoms with E-state index in [-0.39, 0.29) is 18.0 Å². The highest BCUT2D eigenvalue weighted by Crippen LogP contribution is 2.25. The SMILES string of the molecule is COc1ccc(C(=O)CCS(C)(=O)=O)c(OC)c1. The quantitative estimate of drug-likeness (QED) is 0.730. The molecule has 0 radical (unpaired) electrons. The molecule has 0 aliphatic heterocycles. The number of ether oxygens (including phenoxy) is 2. The first-order chi connectivity index (χ1) is 8.37. The van der Waals surface area contributed by atoms with Crippen LogP contribution >= 0.6 is 0 Å². The molecule has 0 bridgehead atoms. The van der Waals surface area contributed by atoms with E-state index in [1.807, 2.05) is 0 Å². The van der Waals surface area contributed by atoms with Crippen molar-refractivity contribution in [3.8, 4) is 11.5 Å². The molecule has 5 nitrogen and oxygen atoms in total. The Morgan fingerprint density at radius 3 is 2.39 bits per heavy atom. The summed E-state index contributed by atoms with van der Waals surface area (Å²) < 4.78 is 32.1. The highest BCUT2D eigenvalue weighted by molar-refractivity contribution is 7.90. The average molecular weight is 272 g/mol. The van der Waals surface area contributed by atoms with Crippen LogP contribution in [0.1, 0.15) is 16.8 Å². The zero-order valence-corrected chi connectivity index (χ0v) is 11.4. The molecule has 0 aliphatic carbocycles. The predicted molar refractivity (Wildman–Crippen MR) is 68.2 cm³/mol. The van der Waals surface area contributed by atoms with Crippen LogP contribution in [-0.4, -0.2) is 40.4 Å². The molecule has 1 rings (SSSR count). The lowest BCUT2D eigenvalue weighted by Crippen LogP contribution is -2.10. The average Bonchev–Trinajstić information content (AvgIpc) is 2.34. The van der Waals surface area contributed by atoms with Crippen molar-refractivity contribution in [3.05, 3.63) is 23.8 Å². The van der Waals surface area contributed by atoms with E-state index >= 15 is 0 Å². The maximum atomic E-state index is 11.9. The minimum atomic E-state index is -3.15. The van der Waals surface area contributed by atoms with Crippen molar-refractivity contribution in [1.82, 2.24) is 0 Å². The largest absolute Gasteiger partial charge is 0.497 e. The van der Waals surface area contributed by atoms with Gasteiger partial charge >= 0.3 is 0 Å². The first kappa shape index (κ1) is 14.5. The standard InChI is InChI=1S/C12H16O5S/c1-16-9-4-5-10(12(8-9)17-2)11(13)6-7-18(3,14)15/h4-5,8H,6-7H2,1-3H3. The molecule has 1 aromatic carbocycles. The number of carbonyl (C=O) groups is 1. The van der Waals surface area contributed by atoms with Crippen LogP contribution in [0.2, 0.25) is 0 Å². The smallest absolute Gasteiger partial charge is 0.167 e. The summed E-state index contributed by atoms with van der Waals surface area (Å²) in [6.07, 6.45) is 1.05. The third-order valence-electron chi connectivity index (χ3n) is 2.41. The van der Waals surface area contributed by atoms with Gasteiger partial charge in [0.1, 0.15) is 21.3 Å². The lowest BCUT2D eigenvalue weighted by Gasteiger charge is -2.09.